The van der Waals surface area contributed by atoms with E-state index in [4.69, 9.17) is 5.73 Å². The van der Waals surface area contributed by atoms with E-state index >= 15 is 0 Å². The van der Waals surface area contributed by atoms with Crippen molar-refractivity contribution in [2.24, 2.45) is 5.73 Å². The first-order valence-electron chi connectivity index (χ1n) is 9.42. The van der Waals surface area contributed by atoms with Crippen LogP contribution >= 0.6 is 23.1 Å². The number of nitrogens with one attached hydrogen (secondary N) is 1. The van der Waals surface area contributed by atoms with Crippen molar-refractivity contribution in [1.82, 2.24) is 9.55 Å². The van der Waals surface area contributed by atoms with E-state index in [2.05, 4.69) is 42.3 Å². The Labute approximate surface area is 177 Å². The minimum absolute atomic E-state index is 0.173. The fourth-order valence-corrected chi connectivity index (χ4v) is 5.68. The number of nitrogens with two attached hydrogens (primary N) is 1. The molecule has 1 aliphatic rings. The van der Waals surface area contributed by atoms with Crippen LogP contribution in [0.15, 0.2) is 35.7 Å². The van der Waals surface area contributed by atoms with E-state index in [1.165, 1.54) is 23.1 Å². The number of hydrogen-bond donors (Lipinski definition) is 2. The van der Waals surface area contributed by atoms with Crippen molar-refractivity contribution in [3.8, 4) is 5.69 Å². The molecule has 0 saturated heterocycles. The van der Waals surface area contributed by atoms with Crippen molar-refractivity contribution in [2.75, 3.05) is 11.1 Å². The van der Waals surface area contributed by atoms with Gasteiger partial charge in [0.05, 0.1) is 17.0 Å². The Kier molecular flexibility index (Phi) is 5.47. The highest BCUT2D eigenvalue weighted by atomic mass is 32.2. The third-order valence-corrected chi connectivity index (χ3v) is 7.16. The van der Waals surface area contributed by atoms with Gasteiger partial charge in [-0.15, -0.1) is 11.3 Å². The Morgan fingerprint density at radius 3 is 2.93 bits per heavy atom. The maximum Gasteiger partial charge on any atom is 0.251 e. The molecule has 3 aromatic rings. The normalized spacial score (nSPS) is 12.8. The van der Waals surface area contributed by atoms with Gasteiger partial charge < -0.3 is 11.1 Å². The molecule has 8 heteroatoms. The van der Waals surface area contributed by atoms with Gasteiger partial charge in [0.15, 0.2) is 5.16 Å². The summed E-state index contributed by atoms with van der Waals surface area (Å²) in [4.78, 5) is 30.0. The average molecular weight is 427 g/mol. The quantitative estimate of drug-likeness (QED) is 0.586. The number of benzene rings is 1. The van der Waals surface area contributed by atoms with Gasteiger partial charge in [-0.3, -0.25) is 14.2 Å². The van der Waals surface area contributed by atoms with Crippen LogP contribution in [-0.2, 0) is 17.6 Å². The molecule has 0 radical (unpaired) electrons. The Morgan fingerprint density at radius 1 is 1.31 bits per heavy atom. The summed E-state index contributed by atoms with van der Waals surface area (Å²) >= 11 is 2.83. The molecule has 1 aromatic carbocycles. The molecule has 0 unspecified atom stereocenters. The summed E-state index contributed by atoms with van der Waals surface area (Å²) in [5.41, 5.74) is 10.4. The van der Waals surface area contributed by atoms with Gasteiger partial charge in [0.2, 0.25) is 5.91 Å². The molecular weight excluding hydrogens is 404 g/mol. The lowest BCUT2D eigenvalue weighted by atomic mass is 10.1. The number of anilines is 1. The molecule has 0 atom stereocenters. The lowest BCUT2D eigenvalue weighted by molar-refractivity contribution is -0.113. The van der Waals surface area contributed by atoms with E-state index in [1.807, 2.05) is 10.8 Å². The summed E-state index contributed by atoms with van der Waals surface area (Å²) in [5, 5.41) is 4.21. The molecule has 6 nitrogen and oxygen atoms in total. The fraction of sp³-hybridized carbons (Fsp3) is 0.286. The molecule has 2 aromatic heterocycles. The number of nitrogens with zero attached hydrogens (tertiary/aromatic N) is 2. The zero-order valence-corrected chi connectivity index (χ0v) is 18.0. The molecule has 3 N–H and O–H groups in total. The predicted octanol–water partition coefficient (Wildman–Crippen LogP) is 3.87. The number of imidazole rings is 1. The number of carbonyl (C=O) groups excluding carboxylic acids is 2. The van der Waals surface area contributed by atoms with E-state index < -0.39 is 5.91 Å². The summed E-state index contributed by atoms with van der Waals surface area (Å²) in [6.07, 6.45) is 6.46. The van der Waals surface area contributed by atoms with Gasteiger partial charge >= 0.3 is 0 Å². The lowest BCUT2D eigenvalue weighted by Gasteiger charge is -2.11. The van der Waals surface area contributed by atoms with E-state index in [0.717, 1.165) is 51.7 Å². The highest BCUT2D eigenvalue weighted by molar-refractivity contribution is 7.99. The van der Waals surface area contributed by atoms with Gasteiger partial charge in [-0.05, 0) is 55.9 Å². The number of thioether (sulfide) groups is 1. The second-order valence-electron chi connectivity index (χ2n) is 7.13. The number of amides is 2. The number of thiophene rings is 1. The summed E-state index contributed by atoms with van der Waals surface area (Å²) in [6.45, 7) is 4.10. The van der Waals surface area contributed by atoms with Gasteiger partial charge in [-0.1, -0.05) is 23.9 Å². The molecule has 150 valence electrons. The standard InChI is InChI=1S/C21H22N4O2S2/c1-12-6-7-13(2)15(10-12)25-9-8-23-21(25)28-11-17(26)24-20-18(19(22)27)14-4-3-5-16(14)29-20/h6-10H,3-5,11H2,1-2H3,(H2,22,27)(H,24,26). The Bertz CT molecular complexity index is 1100. The number of aromatic nitrogens is 2. The molecule has 0 bridgehead atoms. The van der Waals surface area contributed by atoms with Crippen LogP contribution in [-0.4, -0.2) is 27.1 Å². The molecular formula is C21H22N4O2S2. The topological polar surface area (TPSA) is 90.0 Å². The van der Waals surface area contributed by atoms with Crippen molar-refractivity contribution in [1.29, 1.82) is 0 Å². The molecule has 29 heavy (non-hydrogen) atoms. The number of carbonyl (C=O) groups is 2. The number of primary amides is 1. The minimum atomic E-state index is -0.474. The molecule has 0 saturated carbocycles. The average Bonchev–Trinajstić information content (AvgIpc) is 3.37. The summed E-state index contributed by atoms with van der Waals surface area (Å²) in [5.74, 6) is -0.450. The predicted molar refractivity (Wildman–Crippen MR) is 117 cm³/mol. The fourth-order valence-electron chi connectivity index (χ4n) is 3.60. The highest BCUT2D eigenvalue weighted by Crippen LogP contribution is 2.39. The molecule has 0 aliphatic heterocycles. The number of aryl methyl sites for hydroxylation is 3. The summed E-state index contributed by atoms with van der Waals surface area (Å²) in [6, 6.07) is 6.26. The van der Waals surface area contributed by atoms with Crippen LogP contribution in [0.3, 0.4) is 0 Å². The van der Waals surface area contributed by atoms with Crippen LogP contribution in [0.1, 0.15) is 38.3 Å². The molecule has 2 heterocycles. The largest absolute Gasteiger partial charge is 0.365 e. The van der Waals surface area contributed by atoms with Crippen molar-refractivity contribution >= 4 is 39.9 Å². The number of rotatable bonds is 6. The highest BCUT2D eigenvalue weighted by Gasteiger charge is 2.26. The Balaban J connectivity index is 1.48. The van der Waals surface area contributed by atoms with E-state index in [1.54, 1.807) is 6.20 Å². The van der Waals surface area contributed by atoms with Crippen LogP contribution in [0.4, 0.5) is 5.00 Å². The van der Waals surface area contributed by atoms with Gasteiger partial charge in [0, 0.05) is 17.3 Å². The Hall–Kier alpha value is -2.58. The van der Waals surface area contributed by atoms with Crippen LogP contribution in [0.5, 0.6) is 0 Å². The SMILES string of the molecule is Cc1ccc(C)c(-n2ccnc2SCC(=O)Nc2sc3c(c2C(N)=O)CCC3)c1. The van der Waals surface area contributed by atoms with E-state index in [0.29, 0.717) is 10.6 Å². The third kappa shape index (κ3) is 3.95. The minimum Gasteiger partial charge on any atom is -0.365 e. The van der Waals surface area contributed by atoms with E-state index in [-0.39, 0.29) is 11.7 Å². The van der Waals surface area contributed by atoms with Crippen LogP contribution in [0.2, 0.25) is 0 Å². The number of fused-ring (bicyclic) bond motifs is 1. The monoisotopic (exact) mass is 426 g/mol. The lowest BCUT2D eigenvalue weighted by Crippen LogP contribution is -2.19. The second-order valence-corrected chi connectivity index (χ2v) is 9.18. The van der Waals surface area contributed by atoms with E-state index in [9.17, 15) is 9.59 Å². The molecule has 0 fully saturated rings. The maximum atomic E-state index is 12.6. The smallest absolute Gasteiger partial charge is 0.251 e. The van der Waals surface area contributed by atoms with Crippen molar-refractivity contribution in [3.63, 3.8) is 0 Å². The molecule has 4 rings (SSSR count). The zero-order valence-electron chi connectivity index (χ0n) is 16.3. The van der Waals surface area contributed by atoms with Gasteiger partial charge in [-0.25, -0.2) is 4.98 Å². The van der Waals surface area contributed by atoms with Gasteiger partial charge in [-0.2, -0.15) is 0 Å². The van der Waals surface area contributed by atoms with Crippen molar-refractivity contribution in [2.45, 2.75) is 38.3 Å². The zero-order chi connectivity index (χ0) is 20.5. The van der Waals surface area contributed by atoms with Crippen LogP contribution < -0.4 is 11.1 Å². The first-order chi connectivity index (χ1) is 13.9. The second kappa shape index (κ2) is 8.04. The third-order valence-electron chi connectivity index (χ3n) is 4.98. The van der Waals surface area contributed by atoms with Gasteiger partial charge in [0.25, 0.3) is 5.91 Å². The molecule has 0 spiro atoms. The maximum absolute atomic E-state index is 12.6. The van der Waals surface area contributed by atoms with Crippen molar-refractivity contribution in [3.05, 3.63) is 57.7 Å². The first kappa shape index (κ1) is 19.7. The van der Waals surface area contributed by atoms with Crippen LogP contribution in [0.25, 0.3) is 5.69 Å². The number of hydrogen-bond acceptors (Lipinski definition) is 5. The summed E-state index contributed by atoms with van der Waals surface area (Å²) < 4.78 is 1.99. The van der Waals surface area contributed by atoms with Gasteiger partial charge in [0.1, 0.15) is 5.00 Å². The molecule has 1 aliphatic carbocycles. The first-order valence-corrected chi connectivity index (χ1v) is 11.2. The summed E-state index contributed by atoms with van der Waals surface area (Å²) in [7, 11) is 0. The molecule has 2 amide bonds. The Morgan fingerprint density at radius 2 is 2.14 bits per heavy atom. The van der Waals surface area contributed by atoms with Crippen molar-refractivity contribution < 1.29 is 9.59 Å². The van der Waals surface area contributed by atoms with Crippen LogP contribution in [0, 0.1) is 13.8 Å².